The lowest BCUT2D eigenvalue weighted by molar-refractivity contribution is -0.113. The molecule has 2 heterocycles. The molecule has 0 aliphatic rings. The number of nitrogens with zero attached hydrogens (tertiary/aromatic N) is 3. The van der Waals surface area contributed by atoms with Crippen LogP contribution in [0.15, 0.2) is 58.6 Å². The van der Waals surface area contributed by atoms with E-state index < -0.39 is 0 Å². The van der Waals surface area contributed by atoms with Gasteiger partial charge in [0, 0.05) is 15.7 Å². The molecule has 0 aliphatic carbocycles. The maximum atomic E-state index is 13.0. The van der Waals surface area contributed by atoms with E-state index in [9.17, 15) is 9.59 Å². The number of rotatable bonds is 5. The Kier molecular flexibility index (Phi) is 5.80. The molecule has 1 amide bonds. The number of hydrogen-bond donors (Lipinski definition) is 2. The minimum absolute atomic E-state index is 0.0403. The van der Waals surface area contributed by atoms with Crippen LogP contribution in [0.2, 0.25) is 10.0 Å². The second-order valence-corrected chi connectivity index (χ2v) is 8.18. The molecule has 7 nitrogen and oxygen atoms in total. The quantitative estimate of drug-likeness (QED) is 0.339. The standard InChI is InChI=1S/C20H15Cl2N5O2S/c1-11-15(22)6-3-7-16(11)24-17(28)10-30-20-25-18-14(9-23-26-18)19(29)27(20)13-5-2-4-12(21)8-13/h2-9H,10H2,1H3,(H,23,26)(H,24,28). The van der Waals surface area contributed by atoms with Gasteiger partial charge in [-0.15, -0.1) is 0 Å². The number of carbonyl (C=O) groups excluding carboxylic acids is 1. The Hall–Kier alpha value is -2.81. The summed E-state index contributed by atoms with van der Waals surface area (Å²) in [4.78, 5) is 30.0. The molecule has 2 aromatic heterocycles. The summed E-state index contributed by atoms with van der Waals surface area (Å²) in [5.74, 6) is -0.208. The van der Waals surface area contributed by atoms with Crippen molar-refractivity contribution in [3.8, 4) is 5.69 Å². The molecular weight excluding hydrogens is 445 g/mol. The summed E-state index contributed by atoms with van der Waals surface area (Å²) < 4.78 is 1.42. The van der Waals surface area contributed by atoms with Gasteiger partial charge in [-0.25, -0.2) is 4.98 Å². The molecular formula is C20H15Cl2N5O2S. The molecule has 4 rings (SSSR count). The van der Waals surface area contributed by atoms with Crippen LogP contribution in [0, 0.1) is 6.92 Å². The predicted octanol–water partition coefficient (Wildman–Crippen LogP) is 4.45. The van der Waals surface area contributed by atoms with Gasteiger partial charge < -0.3 is 5.32 Å². The summed E-state index contributed by atoms with van der Waals surface area (Å²) >= 11 is 13.3. The third-order valence-electron chi connectivity index (χ3n) is 4.39. The molecule has 4 aromatic rings. The van der Waals surface area contributed by atoms with Gasteiger partial charge in [0.25, 0.3) is 5.56 Å². The van der Waals surface area contributed by atoms with Gasteiger partial charge in [-0.05, 0) is 42.8 Å². The van der Waals surface area contributed by atoms with Crippen molar-refractivity contribution in [2.45, 2.75) is 12.1 Å². The van der Waals surface area contributed by atoms with Crippen LogP contribution in [0.1, 0.15) is 5.56 Å². The van der Waals surface area contributed by atoms with Crippen molar-refractivity contribution in [3.63, 3.8) is 0 Å². The van der Waals surface area contributed by atoms with Gasteiger partial charge in [0.1, 0.15) is 5.39 Å². The molecule has 0 unspecified atom stereocenters. The van der Waals surface area contributed by atoms with Crippen molar-refractivity contribution in [1.82, 2.24) is 19.7 Å². The van der Waals surface area contributed by atoms with E-state index in [2.05, 4.69) is 20.5 Å². The lowest BCUT2D eigenvalue weighted by Crippen LogP contribution is -2.22. The summed E-state index contributed by atoms with van der Waals surface area (Å²) in [5.41, 5.74) is 2.02. The Morgan fingerprint density at radius 2 is 2.03 bits per heavy atom. The molecule has 0 fully saturated rings. The Labute approximate surface area is 185 Å². The first-order valence-corrected chi connectivity index (χ1v) is 10.6. The summed E-state index contributed by atoms with van der Waals surface area (Å²) in [5, 5.41) is 11.2. The van der Waals surface area contributed by atoms with E-state index in [1.807, 2.05) is 6.92 Å². The number of anilines is 1. The van der Waals surface area contributed by atoms with Gasteiger partial charge in [-0.1, -0.05) is 47.1 Å². The third-order valence-corrected chi connectivity index (χ3v) is 5.98. The number of nitrogens with one attached hydrogen (secondary N) is 2. The van der Waals surface area contributed by atoms with E-state index in [1.54, 1.807) is 42.5 Å². The SMILES string of the molecule is Cc1c(Cl)cccc1NC(=O)CSc1nc2[nH]ncc2c(=O)n1-c1cccc(Cl)c1. The Morgan fingerprint density at radius 3 is 2.83 bits per heavy atom. The lowest BCUT2D eigenvalue weighted by atomic mass is 10.2. The molecule has 10 heteroatoms. The molecule has 152 valence electrons. The second kappa shape index (κ2) is 8.51. The molecule has 0 bridgehead atoms. The van der Waals surface area contributed by atoms with Crippen LogP contribution in [0.4, 0.5) is 5.69 Å². The lowest BCUT2D eigenvalue weighted by Gasteiger charge is -2.13. The van der Waals surface area contributed by atoms with Crippen LogP contribution in [0.25, 0.3) is 16.7 Å². The number of aromatic amines is 1. The molecule has 2 N–H and O–H groups in total. The van der Waals surface area contributed by atoms with Crippen LogP contribution in [-0.2, 0) is 4.79 Å². The highest BCUT2D eigenvalue weighted by Gasteiger charge is 2.16. The number of H-pyrrole nitrogens is 1. The van der Waals surface area contributed by atoms with Crippen LogP contribution in [-0.4, -0.2) is 31.4 Å². The van der Waals surface area contributed by atoms with Crippen LogP contribution >= 0.6 is 35.0 Å². The van der Waals surface area contributed by atoms with Crippen molar-refractivity contribution >= 4 is 57.6 Å². The van der Waals surface area contributed by atoms with Gasteiger partial charge in [0.05, 0.1) is 17.6 Å². The Morgan fingerprint density at radius 1 is 1.23 bits per heavy atom. The molecule has 0 aliphatic heterocycles. The second-order valence-electron chi connectivity index (χ2n) is 6.40. The van der Waals surface area contributed by atoms with Crippen molar-refractivity contribution < 1.29 is 4.79 Å². The minimum Gasteiger partial charge on any atom is -0.325 e. The highest BCUT2D eigenvalue weighted by atomic mass is 35.5. The maximum absolute atomic E-state index is 13.0. The monoisotopic (exact) mass is 459 g/mol. The fourth-order valence-corrected chi connectivity index (χ4v) is 4.04. The van der Waals surface area contributed by atoms with E-state index >= 15 is 0 Å². The average molecular weight is 460 g/mol. The zero-order valence-corrected chi connectivity index (χ0v) is 18.0. The summed E-state index contributed by atoms with van der Waals surface area (Å²) in [6.07, 6.45) is 1.43. The van der Waals surface area contributed by atoms with Crippen molar-refractivity contribution in [2.75, 3.05) is 11.1 Å². The van der Waals surface area contributed by atoms with Crippen molar-refractivity contribution in [1.29, 1.82) is 0 Å². The molecule has 30 heavy (non-hydrogen) atoms. The van der Waals surface area contributed by atoms with E-state index in [1.165, 1.54) is 10.8 Å². The number of fused-ring (bicyclic) bond motifs is 1. The van der Waals surface area contributed by atoms with Crippen molar-refractivity contribution in [2.24, 2.45) is 0 Å². The Balaban J connectivity index is 1.65. The number of hydrogen-bond acceptors (Lipinski definition) is 5. The van der Waals surface area contributed by atoms with Gasteiger partial charge in [-0.2, -0.15) is 5.10 Å². The maximum Gasteiger partial charge on any atom is 0.269 e. The summed E-state index contributed by atoms with van der Waals surface area (Å²) in [6, 6.07) is 12.2. The highest BCUT2D eigenvalue weighted by molar-refractivity contribution is 7.99. The smallest absolute Gasteiger partial charge is 0.269 e. The zero-order valence-electron chi connectivity index (χ0n) is 15.6. The van der Waals surface area contributed by atoms with Gasteiger partial charge in [0.2, 0.25) is 5.91 Å². The van der Waals surface area contributed by atoms with Gasteiger partial charge in [0.15, 0.2) is 10.8 Å². The van der Waals surface area contributed by atoms with E-state index in [0.29, 0.717) is 37.6 Å². The Bertz CT molecular complexity index is 1320. The van der Waals surface area contributed by atoms with Crippen LogP contribution in [0.5, 0.6) is 0 Å². The van der Waals surface area contributed by atoms with Gasteiger partial charge >= 0.3 is 0 Å². The van der Waals surface area contributed by atoms with E-state index in [4.69, 9.17) is 23.2 Å². The molecule has 0 saturated carbocycles. The number of thioether (sulfide) groups is 1. The number of benzene rings is 2. The molecule has 0 radical (unpaired) electrons. The average Bonchev–Trinajstić information content (AvgIpc) is 3.19. The predicted molar refractivity (Wildman–Crippen MR) is 120 cm³/mol. The number of aromatic nitrogens is 4. The first-order valence-electron chi connectivity index (χ1n) is 8.84. The first kappa shape index (κ1) is 20.5. The minimum atomic E-state index is -0.301. The first-order chi connectivity index (χ1) is 14.4. The molecule has 0 spiro atoms. The molecule has 2 aromatic carbocycles. The fourth-order valence-electron chi connectivity index (χ4n) is 2.87. The zero-order chi connectivity index (χ0) is 21.3. The number of carbonyl (C=O) groups is 1. The third kappa shape index (κ3) is 4.07. The summed E-state index contributed by atoms with van der Waals surface area (Å²) in [7, 11) is 0. The number of halogens is 2. The molecule has 0 atom stereocenters. The fraction of sp³-hybridized carbons (Fsp3) is 0.100. The van der Waals surface area contributed by atoms with Crippen LogP contribution in [0.3, 0.4) is 0 Å². The van der Waals surface area contributed by atoms with Crippen LogP contribution < -0.4 is 10.9 Å². The van der Waals surface area contributed by atoms with Gasteiger partial charge in [-0.3, -0.25) is 19.3 Å². The van der Waals surface area contributed by atoms with E-state index in [0.717, 1.165) is 17.3 Å². The number of amides is 1. The largest absolute Gasteiger partial charge is 0.325 e. The topological polar surface area (TPSA) is 92.7 Å². The van der Waals surface area contributed by atoms with Crippen molar-refractivity contribution in [3.05, 3.63) is 74.6 Å². The van der Waals surface area contributed by atoms with E-state index in [-0.39, 0.29) is 17.2 Å². The highest BCUT2D eigenvalue weighted by Crippen LogP contribution is 2.25. The molecule has 0 saturated heterocycles. The summed E-state index contributed by atoms with van der Waals surface area (Å²) in [6.45, 7) is 1.83. The normalized spacial score (nSPS) is 11.0.